The molecule has 2 aromatic rings. The first-order chi connectivity index (χ1) is 9.88. The predicted molar refractivity (Wildman–Crippen MR) is 77.2 cm³/mol. The first-order valence-electron chi connectivity index (χ1n) is 6.54. The zero-order valence-electron chi connectivity index (χ0n) is 12.1. The quantitative estimate of drug-likeness (QED) is 0.906. The standard InChI is InChI=1S/C16H17NO4/c1-9-6-10(2)8-12(7-9)13(16(19)20)17-15(18)14-11(3)4-5-21-14/h4-8,13H,1-3H3,(H,17,18)(H,19,20). The molecule has 0 saturated heterocycles. The third-order valence-electron chi connectivity index (χ3n) is 3.17. The average molecular weight is 287 g/mol. The fraction of sp³-hybridized carbons (Fsp3) is 0.250. The summed E-state index contributed by atoms with van der Waals surface area (Å²) < 4.78 is 5.09. The molecule has 1 atom stereocenters. The molecule has 0 aliphatic carbocycles. The Labute approximate surface area is 122 Å². The van der Waals surface area contributed by atoms with Gasteiger partial charge in [0.1, 0.15) is 0 Å². The van der Waals surface area contributed by atoms with Gasteiger partial charge in [-0.3, -0.25) is 4.79 Å². The molecule has 0 aliphatic heterocycles. The van der Waals surface area contributed by atoms with Gasteiger partial charge in [-0.1, -0.05) is 29.3 Å². The van der Waals surface area contributed by atoms with Gasteiger partial charge in [-0.25, -0.2) is 4.79 Å². The third-order valence-corrected chi connectivity index (χ3v) is 3.17. The van der Waals surface area contributed by atoms with Crippen molar-refractivity contribution in [1.82, 2.24) is 5.32 Å². The number of rotatable bonds is 4. The zero-order chi connectivity index (χ0) is 15.6. The highest BCUT2D eigenvalue weighted by atomic mass is 16.4. The number of carboxylic acids is 1. The summed E-state index contributed by atoms with van der Waals surface area (Å²) in [6.45, 7) is 5.49. The van der Waals surface area contributed by atoms with E-state index in [0.717, 1.165) is 11.1 Å². The van der Waals surface area contributed by atoms with E-state index in [4.69, 9.17) is 4.42 Å². The molecule has 1 aromatic heterocycles. The van der Waals surface area contributed by atoms with E-state index in [9.17, 15) is 14.7 Å². The highest BCUT2D eigenvalue weighted by molar-refractivity contribution is 5.95. The molecule has 0 bridgehead atoms. The van der Waals surface area contributed by atoms with Crippen molar-refractivity contribution in [3.63, 3.8) is 0 Å². The van der Waals surface area contributed by atoms with Crippen molar-refractivity contribution in [2.75, 3.05) is 0 Å². The summed E-state index contributed by atoms with van der Waals surface area (Å²) in [5.41, 5.74) is 3.09. The van der Waals surface area contributed by atoms with E-state index < -0.39 is 17.9 Å². The average Bonchev–Trinajstić information content (AvgIpc) is 2.80. The van der Waals surface area contributed by atoms with Crippen LogP contribution in [0.5, 0.6) is 0 Å². The Morgan fingerprint density at radius 3 is 2.24 bits per heavy atom. The lowest BCUT2D eigenvalue weighted by atomic mass is 10.0. The van der Waals surface area contributed by atoms with Crippen LogP contribution in [0, 0.1) is 20.8 Å². The lowest BCUT2D eigenvalue weighted by Gasteiger charge is -2.15. The van der Waals surface area contributed by atoms with E-state index in [2.05, 4.69) is 5.32 Å². The van der Waals surface area contributed by atoms with Gasteiger partial charge in [0.15, 0.2) is 11.8 Å². The molecule has 2 N–H and O–H groups in total. The van der Waals surface area contributed by atoms with E-state index in [1.807, 2.05) is 19.9 Å². The minimum Gasteiger partial charge on any atom is -0.479 e. The Bertz CT molecular complexity index is 667. The summed E-state index contributed by atoms with van der Waals surface area (Å²) in [5.74, 6) is -1.52. The second-order valence-electron chi connectivity index (χ2n) is 5.10. The maximum Gasteiger partial charge on any atom is 0.330 e. The number of amides is 1. The van der Waals surface area contributed by atoms with Crippen LogP contribution in [0.1, 0.15) is 38.9 Å². The van der Waals surface area contributed by atoms with Gasteiger partial charge in [-0.15, -0.1) is 0 Å². The van der Waals surface area contributed by atoms with Gasteiger partial charge in [-0.05, 0) is 32.4 Å². The number of carbonyl (C=O) groups excluding carboxylic acids is 1. The molecule has 5 nitrogen and oxygen atoms in total. The zero-order valence-corrected chi connectivity index (χ0v) is 12.1. The monoisotopic (exact) mass is 287 g/mol. The Kier molecular flexibility index (Phi) is 4.12. The lowest BCUT2D eigenvalue weighted by molar-refractivity contribution is -0.139. The Morgan fingerprint density at radius 1 is 1.14 bits per heavy atom. The molecule has 1 amide bonds. The van der Waals surface area contributed by atoms with Crippen LogP contribution < -0.4 is 5.32 Å². The predicted octanol–water partition coefficient (Wildman–Crippen LogP) is 2.76. The van der Waals surface area contributed by atoms with Gasteiger partial charge >= 0.3 is 5.97 Å². The highest BCUT2D eigenvalue weighted by Crippen LogP contribution is 2.19. The van der Waals surface area contributed by atoms with Crippen LogP contribution in [0.15, 0.2) is 34.9 Å². The minimum absolute atomic E-state index is 0.130. The van der Waals surface area contributed by atoms with E-state index in [0.29, 0.717) is 11.1 Å². The Balaban J connectivity index is 2.30. The smallest absolute Gasteiger partial charge is 0.330 e. The molecular formula is C16H17NO4. The van der Waals surface area contributed by atoms with Gasteiger partial charge in [-0.2, -0.15) is 0 Å². The van der Waals surface area contributed by atoms with Crippen molar-refractivity contribution in [1.29, 1.82) is 0 Å². The maximum absolute atomic E-state index is 12.1. The number of carboxylic acid groups (broad SMARTS) is 1. The molecule has 0 saturated carbocycles. The third kappa shape index (κ3) is 3.31. The summed E-state index contributed by atoms with van der Waals surface area (Å²) in [7, 11) is 0. The molecule has 2 rings (SSSR count). The van der Waals surface area contributed by atoms with Gasteiger partial charge < -0.3 is 14.8 Å². The van der Waals surface area contributed by atoms with Crippen molar-refractivity contribution in [3.8, 4) is 0 Å². The number of carbonyl (C=O) groups is 2. The maximum atomic E-state index is 12.1. The number of furan rings is 1. The number of benzene rings is 1. The van der Waals surface area contributed by atoms with Crippen LogP contribution in [0.2, 0.25) is 0 Å². The van der Waals surface area contributed by atoms with Crippen LogP contribution in [-0.2, 0) is 4.79 Å². The molecule has 0 radical (unpaired) electrons. The molecule has 0 spiro atoms. The topological polar surface area (TPSA) is 79.5 Å². The van der Waals surface area contributed by atoms with Crippen LogP contribution in [0.3, 0.4) is 0 Å². The molecular weight excluding hydrogens is 270 g/mol. The van der Waals surface area contributed by atoms with Crippen LogP contribution in [0.25, 0.3) is 0 Å². The van der Waals surface area contributed by atoms with E-state index in [1.165, 1.54) is 6.26 Å². The number of hydrogen-bond acceptors (Lipinski definition) is 3. The Hall–Kier alpha value is -2.56. The molecule has 110 valence electrons. The summed E-state index contributed by atoms with van der Waals surface area (Å²) in [6, 6.07) is 5.99. The summed E-state index contributed by atoms with van der Waals surface area (Å²) >= 11 is 0. The van der Waals surface area contributed by atoms with Crippen molar-refractivity contribution in [2.45, 2.75) is 26.8 Å². The minimum atomic E-state index is -1.11. The number of aryl methyl sites for hydroxylation is 3. The SMILES string of the molecule is Cc1cc(C)cc(C(NC(=O)c2occc2C)C(=O)O)c1. The number of nitrogens with one attached hydrogen (secondary N) is 1. The van der Waals surface area contributed by atoms with Gasteiger partial charge in [0.2, 0.25) is 0 Å². The molecule has 1 heterocycles. The van der Waals surface area contributed by atoms with Gasteiger partial charge in [0.05, 0.1) is 6.26 Å². The summed E-state index contributed by atoms with van der Waals surface area (Å²) in [6.07, 6.45) is 1.40. The molecule has 1 aromatic carbocycles. The van der Waals surface area contributed by atoms with E-state index in [-0.39, 0.29) is 5.76 Å². The van der Waals surface area contributed by atoms with Crippen molar-refractivity contribution < 1.29 is 19.1 Å². The van der Waals surface area contributed by atoms with Crippen LogP contribution in [-0.4, -0.2) is 17.0 Å². The molecule has 21 heavy (non-hydrogen) atoms. The number of aliphatic carboxylic acids is 1. The number of hydrogen-bond donors (Lipinski definition) is 2. The van der Waals surface area contributed by atoms with Gasteiger partial charge in [0, 0.05) is 5.56 Å². The molecule has 0 fully saturated rings. The molecule has 0 aliphatic rings. The van der Waals surface area contributed by atoms with E-state index in [1.54, 1.807) is 25.1 Å². The summed E-state index contributed by atoms with van der Waals surface area (Å²) in [4.78, 5) is 23.6. The second kappa shape index (κ2) is 5.83. The normalized spacial score (nSPS) is 12.0. The molecule has 5 heteroatoms. The first-order valence-corrected chi connectivity index (χ1v) is 6.54. The van der Waals surface area contributed by atoms with E-state index >= 15 is 0 Å². The van der Waals surface area contributed by atoms with Crippen LogP contribution in [0.4, 0.5) is 0 Å². The summed E-state index contributed by atoms with van der Waals surface area (Å²) in [5, 5.41) is 11.9. The fourth-order valence-corrected chi connectivity index (χ4v) is 2.27. The Morgan fingerprint density at radius 2 is 1.76 bits per heavy atom. The highest BCUT2D eigenvalue weighted by Gasteiger charge is 2.25. The van der Waals surface area contributed by atoms with Gasteiger partial charge in [0.25, 0.3) is 5.91 Å². The van der Waals surface area contributed by atoms with Crippen molar-refractivity contribution >= 4 is 11.9 Å². The van der Waals surface area contributed by atoms with Crippen LogP contribution >= 0.6 is 0 Å². The lowest BCUT2D eigenvalue weighted by Crippen LogP contribution is -2.34. The fourth-order valence-electron chi connectivity index (χ4n) is 2.27. The first kappa shape index (κ1) is 14.8. The molecule has 1 unspecified atom stereocenters. The van der Waals surface area contributed by atoms with Crippen molar-refractivity contribution in [3.05, 3.63) is 58.5 Å². The second-order valence-corrected chi connectivity index (χ2v) is 5.10. The van der Waals surface area contributed by atoms with Crippen molar-refractivity contribution in [2.24, 2.45) is 0 Å². The largest absolute Gasteiger partial charge is 0.479 e.